The lowest BCUT2D eigenvalue weighted by Crippen LogP contribution is -2.42. The molecule has 2 saturated carbocycles. The van der Waals surface area contributed by atoms with Crippen molar-refractivity contribution >= 4 is 9.84 Å². The van der Waals surface area contributed by atoms with Gasteiger partial charge in [0, 0.05) is 12.3 Å². The van der Waals surface area contributed by atoms with Gasteiger partial charge in [-0.05, 0) is 44.1 Å². The lowest BCUT2D eigenvalue weighted by Gasteiger charge is -2.29. The van der Waals surface area contributed by atoms with E-state index >= 15 is 0 Å². The largest absolute Gasteiger partial charge is 0.312 e. The maximum absolute atomic E-state index is 11.7. The van der Waals surface area contributed by atoms with Gasteiger partial charge in [0.15, 0.2) is 9.84 Å². The Hall–Kier alpha value is -0.0900. The van der Waals surface area contributed by atoms with Gasteiger partial charge in [-0.2, -0.15) is 0 Å². The standard InChI is InChI=1S/C14H27NO2S/c1-11-5-3-6-12(9-11)10-15-13-7-4-8-14(13)18(2,16)17/h11-15H,3-10H2,1-2H3. The van der Waals surface area contributed by atoms with Crippen molar-refractivity contribution in [2.24, 2.45) is 11.8 Å². The zero-order valence-electron chi connectivity index (χ0n) is 11.7. The van der Waals surface area contributed by atoms with E-state index in [0.29, 0.717) is 0 Å². The molecule has 2 rings (SSSR count). The molecule has 2 aliphatic rings. The molecule has 0 heterocycles. The van der Waals surface area contributed by atoms with E-state index in [2.05, 4.69) is 12.2 Å². The van der Waals surface area contributed by atoms with Gasteiger partial charge in [-0.15, -0.1) is 0 Å². The van der Waals surface area contributed by atoms with Crippen molar-refractivity contribution < 1.29 is 8.42 Å². The zero-order chi connectivity index (χ0) is 13.2. The van der Waals surface area contributed by atoms with E-state index in [4.69, 9.17) is 0 Å². The van der Waals surface area contributed by atoms with Gasteiger partial charge in [0.2, 0.25) is 0 Å². The fraction of sp³-hybridized carbons (Fsp3) is 1.00. The highest BCUT2D eigenvalue weighted by molar-refractivity contribution is 7.91. The Bertz CT molecular complexity index is 366. The van der Waals surface area contributed by atoms with E-state index in [1.54, 1.807) is 0 Å². The molecule has 0 spiro atoms. The molecule has 4 unspecified atom stereocenters. The van der Waals surface area contributed by atoms with Gasteiger partial charge in [-0.1, -0.05) is 26.2 Å². The molecule has 3 nitrogen and oxygen atoms in total. The molecule has 4 heteroatoms. The lowest BCUT2D eigenvalue weighted by atomic mass is 9.82. The van der Waals surface area contributed by atoms with Crippen molar-refractivity contribution in [3.63, 3.8) is 0 Å². The molecule has 0 aliphatic heterocycles. The summed E-state index contributed by atoms with van der Waals surface area (Å²) in [5, 5.41) is 3.41. The predicted octanol–water partition coefficient (Wildman–Crippen LogP) is 2.37. The molecule has 18 heavy (non-hydrogen) atoms. The second-order valence-corrected chi connectivity index (χ2v) is 8.72. The molecular formula is C14H27NO2S. The summed E-state index contributed by atoms with van der Waals surface area (Å²) in [6.45, 7) is 3.35. The van der Waals surface area contributed by atoms with Crippen LogP contribution in [0.25, 0.3) is 0 Å². The second kappa shape index (κ2) is 5.91. The van der Waals surface area contributed by atoms with Crippen molar-refractivity contribution in [2.45, 2.75) is 63.2 Å². The Kier molecular flexibility index (Phi) is 4.70. The molecule has 2 aliphatic carbocycles. The van der Waals surface area contributed by atoms with Crippen LogP contribution in [0.4, 0.5) is 0 Å². The molecule has 4 atom stereocenters. The predicted molar refractivity (Wildman–Crippen MR) is 75.4 cm³/mol. The topological polar surface area (TPSA) is 46.2 Å². The van der Waals surface area contributed by atoms with E-state index in [0.717, 1.165) is 37.6 Å². The summed E-state index contributed by atoms with van der Waals surface area (Å²) in [7, 11) is -2.88. The Morgan fingerprint density at radius 1 is 1.11 bits per heavy atom. The Morgan fingerprint density at radius 3 is 2.50 bits per heavy atom. The maximum Gasteiger partial charge on any atom is 0.151 e. The lowest BCUT2D eigenvalue weighted by molar-refractivity contribution is 0.267. The summed E-state index contributed by atoms with van der Waals surface area (Å²) in [6.07, 6.45) is 9.64. The summed E-state index contributed by atoms with van der Waals surface area (Å²) in [5.74, 6) is 1.61. The van der Waals surface area contributed by atoms with E-state index in [-0.39, 0.29) is 11.3 Å². The third-order valence-corrected chi connectivity index (χ3v) is 6.38. The highest BCUT2D eigenvalue weighted by Crippen LogP contribution is 2.29. The van der Waals surface area contributed by atoms with Gasteiger partial charge in [0.1, 0.15) is 0 Å². The van der Waals surface area contributed by atoms with Crippen molar-refractivity contribution in [3.8, 4) is 0 Å². The number of hydrogen-bond acceptors (Lipinski definition) is 3. The Morgan fingerprint density at radius 2 is 1.83 bits per heavy atom. The fourth-order valence-electron chi connectivity index (χ4n) is 3.74. The summed E-state index contributed by atoms with van der Waals surface area (Å²) < 4.78 is 23.4. The van der Waals surface area contributed by atoms with Crippen LogP contribution in [-0.4, -0.2) is 32.5 Å². The highest BCUT2D eigenvalue weighted by Gasteiger charge is 2.34. The molecule has 0 aromatic heterocycles. The van der Waals surface area contributed by atoms with Crippen molar-refractivity contribution in [1.82, 2.24) is 5.32 Å². The summed E-state index contributed by atoms with van der Waals surface area (Å²) >= 11 is 0. The van der Waals surface area contributed by atoms with Crippen LogP contribution in [-0.2, 0) is 9.84 Å². The molecule has 0 aromatic carbocycles. The maximum atomic E-state index is 11.7. The fourth-order valence-corrected chi connectivity index (χ4v) is 5.16. The van der Waals surface area contributed by atoms with Crippen LogP contribution in [0.5, 0.6) is 0 Å². The van der Waals surface area contributed by atoms with E-state index in [1.807, 2.05) is 0 Å². The molecule has 1 N–H and O–H groups in total. The average Bonchev–Trinajstić information content (AvgIpc) is 2.74. The summed E-state index contributed by atoms with van der Waals surface area (Å²) in [6, 6.07) is 0.206. The highest BCUT2D eigenvalue weighted by atomic mass is 32.2. The minimum Gasteiger partial charge on any atom is -0.312 e. The second-order valence-electron chi connectivity index (χ2n) is 6.45. The smallest absolute Gasteiger partial charge is 0.151 e. The van der Waals surface area contributed by atoms with Gasteiger partial charge in [-0.25, -0.2) is 8.42 Å². The number of rotatable bonds is 4. The summed E-state index contributed by atoms with van der Waals surface area (Å²) in [4.78, 5) is 0. The van der Waals surface area contributed by atoms with Crippen LogP contribution in [0.3, 0.4) is 0 Å². The van der Waals surface area contributed by atoms with E-state index < -0.39 is 9.84 Å². The summed E-state index contributed by atoms with van der Waals surface area (Å²) in [5.41, 5.74) is 0. The van der Waals surface area contributed by atoms with Crippen LogP contribution in [0.1, 0.15) is 51.9 Å². The molecule has 106 valence electrons. The molecule has 0 aromatic rings. The van der Waals surface area contributed by atoms with Gasteiger partial charge in [-0.3, -0.25) is 0 Å². The Labute approximate surface area is 112 Å². The first-order valence-corrected chi connectivity index (χ1v) is 9.34. The SMILES string of the molecule is CC1CCCC(CNC2CCCC2S(C)(=O)=O)C1. The van der Waals surface area contributed by atoms with Crippen LogP contribution < -0.4 is 5.32 Å². The first-order valence-electron chi connectivity index (χ1n) is 7.39. The minimum absolute atomic E-state index is 0.140. The quantitative estimate of drug-likeness (QED) is 0.855. The molecule has 0 saturated heterocycles. The molecule has 0 bridgehead atoms. The van der Waals surface area contributed by atoms with Gasteiger partial charge in [0.25, 0.3) is 0 Å². The minimum atomic E-state index is -2.88. The van der Waals surface area contributed by atoms with Gasteiger partial charge >= 0.3 is 0 Å². The van der Waals surface area contributed by atoms with Crippen LogP contribution in [0.2, 0.25) is 0 Å². The van der Waals surface area contributed by atoms with Crippen molar-refractivity contribution in [2.75, 3.05) is 12.8 Å². The third-order valence-electron chi connectivity index (χ3n) is 4.72. The van der Waals surface area contributed by atoms with Crippen LogP contribution in [0, 0.1) is 11.8 Å². The molecular weight excluding hydrogens is 246 g/mol. The first kappa shape index (κ1) is 14.3. The number of sulfone groups is 1. The van der Waals surface area contributed by atoms with Gasteiger partial charge in [0.05, 0.1) is 5.25 Å². The molecule has 0 radical (unpaired) electrons. The normalized spacial score (nSPS) is 37.9. The van der Waals surface area contributed by atoms with Crippen molar-refractivity contribution in [1.29, 1.82) is 0 Å². The average molecular weight is 273 g/mol. The monoisotopic (exact) mass is 273 g/mol. The van der Waals surface area contributed by atoms with Crippen LogP contribution in [0.15, 0.2) is 0 Å². The van der Waals surface area contributed by atoms with Crippen molar-refractivity contribution in [3.05, 3.63) is 0 Å². The zero-order valence-corrected chi connectivity index (χ0v) is 12.5. The van der Waals surface area contributed by atoms with E-state index in [1.165, 1.54) is 31.9 Å². The van der Waals surface area contributed by atoms with Crippen LogP contribution >= 0.6 is 0 Å². The number of hydrogen-bond donors (Lipinski definition) is 1. The Balaban J connectivity index is 1.82. The van der Waals surface area contributed by atoms with E-state index in [9.17, 15) is 8.42 Å². The third kappa shape index (κ3) is 3.70. The first-order chi connectivity index (χ1) is 8.47. The molecule has 0 amide bonds. The number of nitrogens with one attached hydrogen (secondary N) is 1. The molecule has 2 fully saturated rings. The van der Waals surface area contributed by atoms with Gasteiger partial charge < -0.3 is 5.32 Å².